The van der Waals surface area contributed by atoms with Gasteiger partial charge in [-0.2, -0.15) is 0 Å². The lowest BCUT2D eigenvalue weighted by atomic mass is 10.2. The monoisotopic (exact) mass is 235 g/mol. The molecule has 0 spiro atoms. The van der Waals surface area contributed by atoms with Gasteiger partial charge in [0.1, 0.15) is 5.84 Å². The highest BCUT2D eigenvalue weighted by atomic mass is 15.4. The Morgan fingerprint density at radius 2 is 1.50 bits per heavy atom. The van der Waals surface area contributed by atoms with E-state index in [-0.39, 0.29) is 0 Å². The van der Waals surface area contributed by atoms with E-state index < -0.39 is 0 Å². The number of amidine groups is 1. The molecule has 3 heteroatoms. The van der Waals surface area contributed by atoms with Gasteiger partial charge in [0.2, 0.25) is 0 Å². The lowest BCUT2D eigenvalue weighted by Gasteiger charge is -2.08. The summed E-state index contributed by atoms with van der Waals surface area (Å²) in [7, 11) is 0. The van der Waals surface area contributed by atoms with Crippen molar-refractivity contribution in [2.45, 2.75) is 0 Å². The highest BCUT2D eigenvalue weighted by Gasteiger charge is 2.03. The fraction of sp³-hybridized carbons (Fsp3) is 0. The number of nitrogens with one attached hydrogen (secondary N) is 2. The lowest BCUT2D eigenvalue weighted by molar-refractivity contribution is 1.13. The van der Waals surface area contributed by atoms with Crippen molar-refractivity contribution < 1.29 is 0 Å². The Kier molecular flexibility index (Phi) is 2.80. The Labute approximate surface area is 106 Å². The molecule has 0 saturated carbocycles. The predicted molar refractivity (Wildman–Crippen MR) is 75.8 cm³/mol. The third kappa shape index (κ3) is 2.25. The van der Waals surface area contributed by atoms with Gasteiger partial charge in [-0.15, -0.1) is 0 Å². The molecule has 0 saturated heterocycles. The number of nitrogens with zero attached hydrogens (tertiary/aromatic N) is 1. The molecule has 0 aromatic heterocycles. The van der Waals surface area contributed by atoms with E-state index in [2.05, 4.69) is 21.9 Å². The Balaban J connectivity index is 1.89. The van der Waals surface area contributed by atoms with Crippen LogP contribution < -0.4 is 10.9 Å². The molecule has 1 aliphatic rings. The molecule has 88 valence electrons. The minimum absolute atomic E-state index is 0.789. The van der Waals surface area contributed by atoms with E-state index in [0.29, 0.717) is 0 Å². The third-order valence-electron chi connectivity index (χ3n) is 2.71. The zero-order valence-corrected chi connectivity index (χ0v) is 9.80. The van der Waals surface area contributed by atoms with E-state index >= 15 is 0 Å². The summed E-state index contributed by atoms with van der Waals surface area (Å²) < 4.78 is 0. The Hall–Kier alpha value is -2.55. The number of benzene rings is 2. The second-order valence-electron chi connectivity index (χ2n) is 4.00. The van der Waals surface area contributed by atoms with Crippen LogP contribution >= 0.6 is 0 Å². The second kappa shape index (κ2) is 4.75. The molecule has 0 fully saturated rings. The number of para-hydroxylation sites is 2. The summed E-state index contributed by atoms with van der Waals surface area (Å²) in [4.78, 5) is 4.52. The first kappa shape index (κ1) is 10.6. The smallest absolute Gasteiger partial charge is 0.145 e. The van der Waals surface area contributed by atoms with Gasteiger partial charge in [-0.1, -0.05) is 36.4 Å². The average molecular weight is 235 g/mol. The van der Waals surface area contributed by atoms with Gasteiger partial charge >= 0.3 is 0 Å². The van der Waals surface area contributed by atoms with E-state index in [4.69, 9.17) is 0 Å². The quantitative estimate of drug-likeness (QED) is 0.795. The molecule has 2 aromatic rings. The molecule has 1 aliphatic heterocycles. The van der Waals surface area contributed by atoms with Crippen LogP contribution in [-0.4, -0.2) is 5.84 Å². The summed E-state index contributed by atoms with van der Waals surface area (Å²) in [5.74, 6) is 0.789. The van der Waals surface area contributed by atoms with E-state index in [0.717, 1.165) is 22.8 Å². The van der Waals surface area contributed by atoms with Crippen LogP contribution in [0.3, 0.4) is 0 Å². The number of aliphatic imine (C=N–C) groups is 1. The summed E-state index contributed by atoms with van der Waals surface area (Å²) in [5, 5.41) is 0. The van der Waals surface area contributed by atoms with Crippen molar-refractivity contribution in [3.63, 3.8) is 0 Å². The van der Waals surface area contributed by atoms with Crippen molar-refractivity contribution in [1.82, 2.24) is 5.43 Å². The Morgan fingerprint density at radius 1 is 0.722 bits per heavy atom. The van der Waals surface area contributed by atoms with Gasteiger partial charge in [-0.25, -0.2) is 4.99 Å². The fourth-order valence-electron chi connectivity index (χ4n) is 1.80. The fourth-order valence-corrected chi connectivity index (χ4v) is 1.80. The molecule has 1 heterocycles. The minimum Gasteiger partial charge on any atom is -0.299 e. The van der Waals surface area contributed by atoms with Crippen molar-refractivity contribution >= 4 is 23.3 Å². The zero-order valence-electron chi connectivity index (χ0n) is 9.80. The Morgan fingerprint density at radius 3 is 2.39 bits per heavy atom. The highest BCUT2D eigenvalue weighted by molar-refractivity contribution is 6.00. The molecule has 0 aliphatic carbocycles. The average Bonchev–Trinajstić information content (AvgIpc) is 2.63. The molecule has 2 aromatic carbocycles. The van der Waals surface area contributed by atoms with Gasteiger partial charge in [0, 0.05) is 0 Å². The van der Waals surface area contributed by atoms with Gasteiger partial charge in [-0.05, 0) is 35.9 Å². The normalized spacial score (nSPS) is 15.4. The molecule has 0 bridgehead atoms. The topological polar surface area (TPSA) is 36.4 Å². The van der Waals surface area contributed by atoms with Crippen LogP contribution in [0.1, 0.15) is 5.56 Å². The van der Waals surface area contributed by atoms with Crippen molar-refractivity contribution in [1.29, 1.82) is 0 Å². The van der Waals surface area contributed by atoms with E-state index in [9.17, 15) is 0 Å². The standard InChI is InChI=1S/C15H13N3/c1-2-7-13(8-3-1)16-15-11-10-12-6-4-5-9-14(12)17-18-15/h1-11,17H,(H,16,18). The number of fused-ring (bicyclic) bond motifs is 1. The van der Waals surface area contributed by atoms with Gasteiger partial charge in [0.25, 0.3) is 0 Å². The largest absolute Gasteiger partial charge is 0.299 e. The third-order valence-corrected chi connectivity index (χ3v) is 2.71. The summed E-state index contributed by atoms with van der Waals surface area (Å²) in [6, 6.07) is 18.0. The number of rotatable bonds is 1. The molecule has 3 rings (SSSR count). The van der Waals surface area contributed by atoms with Gasteiger partial charge < -0.3 is 0 Å². The van der Waals surface area contributed by atoms with Crippen LogP contribution in [-0.2, 0) is 0 Å². The van der Waals surface area contributed by atoms with Crippen LogP contribution in [0.5, 0.6) is 0 Å². The van der Waals surface area contributed by atoms with Gasteiger partial charge in [0.15, 0.2) is 0 Å². The summed E-state index contributed by atoms with van der Waals surface area (Å²) >= 11 is 0. The predicted octanol–water partition coefficient (Wildman–Crippen LogP) is 3.36. The molecule has 18 heavy (non-hydrogen) atoms. The highest BCUT2D eigenvalue weighted by Crippen LogP contribution is 2.18. The molecule has 3 nitrogen and oxygen atoms in total. The molecule has 0 unspecified atom stereocenters. The molecule has 0 amide bonds. The van der Waals surface area contributed by atoms with Crippen molar-refractivity contribution in [3.8, 4) is 0 Å². The lowest BCUT2D eigenvalue weighted by Crippen LogP contribution is -2.26. The maximum absolute atomic E-state index is 4.52. The van der Waals surface area contributed by atoms with E-state index in [1.54, 1.807) is 0 Å². The van der Waals surface area contributed by atoms with Gasteiger partial charge in [-0.3, -0.25) is 10.9 Å². The zero-order chi connectivity index (χ0) is 12.2. The molecular formula is C15H13N3. The maximum Gasteiger partial charge on any atom is 0.145 e. The first-order valence-electron chi connectivity index (χ1n) is 5.85. The van der Waals surface area contributed by atoms with Crippen molar-refractivity contribution in [2.75, 3.05) is 5.43 Å². The van der Waals surface area contributed by atoms with Crippen LogP contribution in [0.15, 0.2) is 65.7 Å². The molecular weight excluding hydrogens is 222 g/mol. The molecule has 2 N–H and O–H groups in total. The molecule has 0 atom stereocenters. The van der Waals surface area contributed by atoms with E-state index in [1.807, 2.05) is 60.7 Å². The number of hydrogen-bond donors (Lipinski definition) is 2. The first-order valence-corrected chi connectivity index (χ1v) is 5.85. The minimum atomic E-state index is 0.789. The van der Waals surface area contributed by atoms with Crippen LogP contribution in [0.25, 0.3) is 6.08 Å². The maximum atomic E-state index is 4.52. The SMILES string of the molecule is C1=Cc2ccccc2NNC1=Nc1ccccc1. The summed E-state index contributed by atoms with van der Waals surface area (Å²) in [6.45, 7) is 0. The molecule has 0 radical (unpaired) electrons. The summed E-state index contributed by atoms with van der Waals surface area (Å²) in [6.07, 6.45) is 4.01. The van der Waals surface area contributed by atoms with Crippen molar-refractivity contribution in [2.24, 2.45) is 4.99 Å². The van der Waals surface area contributed by atoms with E-state index in [1.165, 1.54) is 0 Å². The van der Waals surface area contributed by atoms with Crippen LogP contribution in [0.2, 0.25) is 0 Å². The number of hydrazine groups is 1. The second-order valence-corrected chi connectivity index (χ2v) is 4.00. The van der Waals surface area contributed by atoms with Crippen molar-refractivity contribution in [3.05, 3.63) is 66.2 Å². The Bertz CT molecular complexity index is 600. The first-order chi connectivity index (χ1) is 8.92. The number of anilines is 1. The summed E-state index contributed by atoms with van der Waals surface area (Å²) in [5.41, 5.74) is 9.37. The van der Waals surface area contributed by atoms with Gasteiger partial charge in [0.05, 0.1) is 11.4 Å². The van der Waals surface area contributed by atoms with Crippen LogP contribution in [0.4, 0.5) is 11.4 Å². The number of hydrogen-bond acceptors (Lipinski definition) is 2. The van der Waals surface area contributed by atoms with Crippen LogP contribution in [0, 0.1) is 0 Å².